The third kappa shape index (κ3) is 5.58. The van der Waals surface area contributed by atoms with E-state index < -0.39 is 5.91 Å². The summed E-state index contributed by atoms with van der Waals surface area (Å²) in [5, 5.41) is 6.50. The minimum atomic E-state index is -0.578. The zero-order chi connectivity index (χ0) is 19.8. The summed E-state index contributed by atoms with van der Waals surface area (Å²) in [4.78, 5) is 17.7. The number of morpholine rings is 1. The van der Waals surface area contributed by atoms with Gasteiger partial charge in [-0.15, -0.1) is 0 Å². The fraction of sp³-hybridized carbons (Fsp3) is 0.400. The number of rotatable bonds is 7. The van der Waals surface area contributed by atoms with Crippen LogP contribution in [0.1, 0.15) is 27.4 Å². The molecule has 0 unspecified atom stereocenters. The molecule has 4 N–H and O–H groups in total. The molecule has 8 nitrogen and oxygen atoms in total. The predicted octanol–water partition coefficient (Wildman–Crippen LogP) is 1.08. The van der Waals surface area contributed by atoms with Gasteiger partial charge >= 0.3 is 0 Å². The van der Waals surface area contributed by atoms with Crippen molar-refractivity contribution >= 4 is 11.9 Å². The molecular weight excluding hydrogens is 358 g/mol. The molecule has 2 heterocycles. The Morgan fingerprint density at radius 1 is 1.11 bits per heavy atom. The third-order valence-corrected chi connectivity index (χ3v) is 4.62. The largest absolute Gasteiger partial charge is 0.454 e. The highest BCUT2D eigenvalue weighted by Crippen LogP contribution is 2.13. The highest BCUT2D eigenvalue weighted by Gasteiger charge is 2.13. The molecule has 0 saturated carbocycles. The van der Waals surface area contributed by atoms with Crippen molar-refractivity contribution in [2.45, 2.75) is 19.6 Å². The van der Waals surface area contributed by atoms with E-state index in [1.165, 1.54) is 11.1 Å². The van der Waals surface area contributed by atoms with Crippen molar-refractivity contribution in [2.75, 3.05) is 33.4 Å². The van der Waals surface area contributed by atoms with Gasteiger partial charge in [-0.3, -0.25) is 14.7 Å². The second-order valence-corrected chi connectivity index (χ2v) is 6.57. The van der Waals surface area contributed by atoms with Crippen LogP contribution in [0.5, 0.6) is 0 Å². The molecule has 0 bridgehead atoms. The SMILES string of the molecule is CN=C(NCc1ccc(C(N)=O)o1)NCc1ccccc1CN1CCOCC1. The van der Waals surface area contributed by atoms with E-state index in [1.807, 2.05) is 6.07 Å². The van der Waals surface area contributed by atoms with Crippen molar-refractivity contribution in [3.8, 4) is 0 Å². The van der Waals surface area contributed by atoms with E-state index in [4.69, 9.17) is 14.9 Å². The lowest BCUT2D eigenvalue weighted by Gasteiger charge is -2.27. The van der Waals surface area contributed by atoms with Crippen LogP contribution >= 0.6 is 0 Å². The summed E-state index contributed by atoms with van der Waals surface area (Å²) in [6.07, 6.45) is 0. The van der Waals surface area contributed by atoms with Crippen molar-refractivity contribution in [2.24, 2.45) is 10.7 Å². The minimum absolute atomic E-state index is 0.150. The Bertz CT molecular complexity index is 812. The number of hydrogen-bond donors (Lipinski definition) is 3. The summed E-state index contributed by atoms with van der Waals surface area (Å²) in [7, 11) is 1.71. The standard InChI is InChI=1S/C20H27N5O3/c1-22-20(24-13-17-6-7-18(28-17)19(21)26)23-12-15-4-2-3-5-16(15)14-25-8-10-27-11-9-25/h2-7H,8-14H2,1H3,(H2,21,26)(H2,22,23,24). The van der Waals surface area contributed by atoms with Crippen LogP contribution in [-0.2, 0) is 24.4 Å². The fourth-order valence-corrected chi connectivity index (χ4v) is 3.06. The van der Waals surface area contributed by atoms with Gasteiger partial charge in [0, 0.05) is 33.2 Å². The van der Waals surface area contributed by atoms with Crippen LogP contribution in [0.3, 0.4) is 0 Å². The van der Waals surface area contributed by atoms with E-state index in [9.17, 15) is 4.79 Å². The highest BCUT2D eigenvalue weighted by molar-refractivity contribution is 5.89. The molecule has 0 spiro atoms. The lowest BCUT2D eigenvalue weighted by molar-refractivity contribution is 0.0341. The van der Waals surface area contributed by atoms with Crippen molar-refractivity contribution < 1.29 is 13.9 Å². The molecule has 2 aromatic rings. The van der Waals surface area contributed by atoms with Gasteiger partial charge in [-0.05, 0) is 23.3 Å². The van der Waals surface area contributed by atoms with Crippen LogP contribution in [0.4, 0.5) is 0 Å². The van der Waals surface area contributed by atoms with Crippen molar-refractivity contribution in [1.29, 1.82) is 0 Å². The number of ether oxygens (including phenoxy) is 1. The average molecular weight is 385 g/mol. The van der Waals surface area contributed by atoms with E-state index >= 15 is 0 Å². The topological polar surface area (TPSA) is 105 Å². The van der Waals surface area contributed by atoms with Crippen LogP contribution < -0.4 is 16.4 Å². The van der Waals surface area contributed by atoms with E-state index in [2.05, 4.69) is 38.7 Å². The van der Waals surface area contributed by atoms with Crippen LogP contribution in [0.15, 0.2) is 45.8 Å². The number of nitrogens with two attached hydrogens (primary N) is 1. The minimum Gasteiger partial charge on any atom is -0.454 e. The number of benzene rings is 1. The van der Waals surface area contributed by atoms with Crippen LogP contribution in [-0.4, -0.2) is 50.1 Å². The number of furan rings is 1. The molecule has 0 radical (unpaired) electrons. The van der Waals surface area contributed by atoms with Gasteiger partial charge in [0.15, 0.2) is 11.7 Å². The van der Waals surface area contributed by atoms with Gasteiger partial charge < -0.3 is 25.5 Å². The number of nitrogens with one attached hydrogen (secondary N) is 2. The number of carbonyl (C=O) groups excluding carboxylic acids is 1. The second kappa shape index (κ2) is 9.91. The molecular formula is C20H27N5O3. The van der Waals surface area contributed by atoms with E-state index in [0.29, 0.717) is 24.8 Å². The monoisotopic (exact) mass is 385 g/mol. The zero-order valence-corrected chi connectivity index (χ0v) is 16.1. The summed E-state index contributed by atoms with van der Waals surface area (Å²) in [6, 6.07) is 11.7. The summed E-state index contributed by atoms with van der Waals surface area (Å²) in [5.74, 6) is 0.838. The van der Waals surface area contributed by atoms with Crippen LogP contribution in [0, 0.1) is 0 Å². The smallest absolute Gasteiger partial charge is 0.284 e. The number of aliphatic imine (C=N–C) groups is 1. The maximum atomic E-state index is 11.1. The lowest BCUT2D eigenvalue weighted by atomic mass is 10.1. The zero-order valence-electron chi connectivity index (χ0n) is 16.1. The molecule has 0 aliphatic carbocycles. The number of guanidine groups is 1. The van der Waals surface area contributed by atoms with Gasteiger partial charge in [0.05, 0.1) is 19.8 Å². The summed E-state index contributed by atoms with van der Waals surface area (Å²) >= 11 is 0. The molecule has 1 aliphatic rings. The molecule has 0 atom stereocenters. The Morgan fingerprint density at radius 2 is 1.82 bits per heavy atom. The van der Waals surface area contributed by atoms with Crippen LogP contribution in [0.25, 0.3) is 0 Å². The molecule has 8 heteroatoms. The lowest BCUT2D eigenvalue weighted by Crippen LogP contribution is -2.37. The Hall–Kier alpha value is -2.84. The first-order valence-corrected chi connectivity index (χ1v) is 9.35. The fourth-order valence-electron chi connectivity index (χ4n) is 3.06. The van der Waals surface area contributed by atoms with Gasteiger partial charge in [0.1, 0.15) is 5.76 Å². The quantitative estimate of drug-likeness (QED) is 0.487. The first-order chi connectivity index (χ1) is 13.7. The van der Waals surface area contributed by atoms with Crippen molar-refractivity contribution in [3.05, 3.63) is 59.0 Å². The van der Waals surface area contributed by atoms with Gasteiger partial charge in [0.25, 0.3) is 5.91 Å². The Labute approximate surface area is 164 Å². The molecule has 28 heavy (non-hydrogen) atoms. The number of nitrogens with zero attached hydrogens (tertiary/aromatic N) is 2. The predicted molar refractivity (Wildman–Crippen MR) is 107 cm³/mol. The van der Waals surface area contributed by atoms with E-state index in [-0.39, 0.29) is 5.76 Å². The van der Waals surface area contributed by atoms with Gasteiger partial charge in [-0.2, -0.15) is 0 Å². The number of primary amides is 1. The first kappa shape index (κ1) is 19.9. The number of amides is 1. The number of hydrogen-bond acceptors (Lipinski definition) is 5. The molecule has 1 fully saturated rings. The molecule has 1 aliphatic heterocycles. The highest BCUT2D eigenvalue weighted by atomic mass is 16.5. The molecule has 1 aromatic heterocycles. The maximum absolute atomic E-state index is 11.1. The summed E-state index contributed by atoms with van der Waals surface area (Å²) in [5.41, 5.74) is 7.73. The second-order valence-electron chi connectivity index (χ2n) is 6.57. The van der Waals surface area contributed by atoms with Crippen LogP contribution in [0.2, 0.25) is 0 Å². The molecule has 1 amide bonds. The maximum Gasteiger partial charge on any atom is 0.284 e. The molecule has 3 rings (SSSR count). The summed E-state index contributed by atoms with van der Waals surface area (Å²) < 4.78 is 10.8. The summed E-state index contributed by atoms with van der Waals surface area (Å²) in [6.45, 7) is 5.48. The van der Waals surface area contributed by atoms with Gasteiger partial charge in [-0.1, -0.05) is 24.3 Å². The van der Waals surface area contributed by atoms with E-state index in [0.717, 1.165) is 32.8 Å². The van der Waals surface area contributed by atoms with Crippen molar-refractivity contribution in [3.63, 3.8) is 0 Å². The van der Waals surface area contributed by atoms with Crippen molar-refractivity contribution in [1.82, 2.24) is 15.5 Å². The Kier molecular flexibility index (Phi) is 7.05. The first-order valence-electron chi connectivity index (χ1n) is 9.35. The Balaban J connectivity index is 1.53. The third-order valence-electron chi connectivity index (χ3n) is 4.62. The normalized spacial score (nSPS) is 15.4. The van der Waals surface area contributed by atoms with Gasteiger partial charge in [-0.25, -0.2) is 0 Å². The Morgan fingerprint density at radius 3 is 2.50 bits per heavy atom. The molecule has 1 aromatic carbocycles. The molecule has 1 saturated heterocycles. The number of carbonyl (C=O) groups is 1. The molecule has 150 valence electrons. The van der Waals surface area contributed by atoms with Gasteiger partial charge in [0.2, 0.25) is 0 Å². The van der Waals surface area contributed by atoms with E-state index in [1.54, 1.807) is 19.2 Å². The average Bonchev–Trinajstić information content (AvgIpc) is 3.19.